The molecule has 0 spiro atoms. The summed E-state index contributed by atoms with van der Waals surface area (Å²) in [5.74, 6) is 0.901. The van der Waals surface area contributed by atoms with Gasteiger partial charge in [0.1, 0.15) is 5.82 Å². The fourth-order valence-corrected chi connectivity index (χ4v) is 9.49. The van der Waals surface area contributed by atoms with Crippen LogP contribution < -0.4 is 4.90 Å². The van der Waals surface area contributed by atoms with Crippen LogP contribution in [0.5, 0.6) is 0 Å². The zero-order valence-corrected chi connectivity index (χ0v) is 32.7. The molecule has 1 aromatic heterocycles. The van der Waals surface area contributed by atoms with Gasteiger partial charge < -0.3 is 4.90 Å². The second-order valence-electron chi connectivity index (χ2n) is 15.5. The molecule has 0 saturated heterocycles. The first-order valence-corrected chi connectivity index (χ1v) is 20.6. The standard InChI is InChI=1S/C57H37N3/c1-3-19-41(20-4-1)59(42-21-5-2-6-22-42)43-33-31-38(32-34-43)57-58-55-51-29-15-12-25-46(51)47-26-13-16-30-52(47)56(55)60(57)53-36-35-50(48-27-11-14-28-49(48)53)54-44-23-9-7-17-39(44)37-40-18-8-10-24-45(40)54/h1-37H. The van der Waals surface area contributed by atoms with E-state index in [0.717, 1.165) is 50.6 Å². The van der Waals surface area contributed by atoms with Crippen LogP contribution in [-0.2, 0) is 0 Å². The number of fused-ring (bicyclic) bond motifs is 9. The minimum Gasteiger partial charge on any atom is -0.311 e. The van der Waals surface area contributed by atoms with Gasteiger partial charge in [0.05, 0.1) is 16.7 Å². The van der Waals surface area contributed by atoms with E-state index in [1.165, 1.54) is 59.6 Å². The Kier molecular flexibility index (Phi) is 7.85. The highest BCUT2D eigenvalue weighted by molar-refractivity contribution is 6.25. The maximum atomic E-state index is 5.65. The molecule has 3 heteroatoms. The summed E-state index contributed by atoms with van der Waals surface area (Å²) in [6, 6.07) is 81.0. The van der Waals surface area contributed by atoms with Gasteiger partial charge in [0.2, 0.25) is 0 Å². The van der Waals surface area contributed by atoms with Crippen LogP contribution >= 0.6 is 0 Å². The summed E-state index contributed by atoms with van der Waals surface area (Å²) in [5, 5.41) is 12.1. The molecule has 1 heterocycles. The van der Waals surface area contributed by atoms with Crippen LogP contribution in [0.15, 0.2) is 224 Å². The average molecular weight is 764 g/mol. The first-order valence-electron chi connectivity index (χ1n) is 20.6. The van der Waals surface area contributed by atoms with Crippen LogP contribution in [0, 0.1) is 0 Å². The number of nitrogens with zero attached hydrogens (tertiary/aromatic N) is 3. The van der Waals surface area contributed by atoms with Gasteiger partial charge in [0.25, 0.3) is 0 Å². The molecule has 11 aromatic carbocycles. The van der Waals surface area contributed by atoms with Crippen molar-refractivity contribution >= 4 is 82.0 Å². The number of imidazole rings is 1. The predicted octanol–water partition coefficient (Wildman–Crippen LogP) is 15.6. The number of rotatable bonds is 6. The van der Waals surface area contributed by atoms with E-state index in [0.29, 0.717) is 0 Å². The van der Waals surface area contributed by atoms with Gasteiger partial charge in [0, 0.05) is 38.8 Å². The fraction of sp³-hybridized carbons (Fsp3) is 0. The number of hydrogen-bond donors (Lipinski definition) is 0. The molecule has 0 amide bonds. The zero-order valence-electron chi connectivity index (χ0n) is 32.7. The molecule has 0 atom stereocenters. The van der Waals surface area contributed by atoms with Crippen molar-refractivity contribution in [3.05, 3.63) is 224 Å². The number of hydrogen-bond acceptors (Lipinski definition) is 2. The Labute approximate surface area is 347 Å². The van der Waals surface area contributed by atoms with Gasteiger partial charge in [0.15, 0.2) is 0 Å². The molecule has 0 radical (unpaired) electrons. The van der Waals surface area contributed by atoms with Crippen molar-refractivity contribution in [2.24, 2.45) is 0 Å². The van der Waals surface area contributed by atoms with Crippen molar-refractivity contribution in [3.63, 3.8) is 0 Å². The molecule has 0 aliphatic heterocycles. The van der Waals surface area contributed by atoms with Crippen molar-refractivity contribution < 1.29 is 0 Å². The fourth-order valence-electron chi connectivity index (χ4n) is 9.49. The Bertz CT molecular complexity index is 3490. The Morgan fingerprint density at radius 3 is 1.43 bits per heavy atom. The van der Waals surface area contributed by atoms with Crippen LogP contribution in [0.2, 0.25) is 0 Å². The summed E-state index contributed by atoms with van der Waals surface area (Å²) < 4.78 is 2.43. The summed E-state index contributed by atoms with van der Waals surface area (Å²) in [5.41, 5.74) is 9.99. The van der Waals surface area contributed by atoms with Gasteiger partial charge in [-0.05, 0) is 109 Å². The molecule has 280 valence electrons. The molecule has 0 N–H and O–H groups in total. The molecule has 60 heavy (non-hydrogen) atoms. The van der Waals surface area contributed by atoms with Crippen molar-refractivity contribution in [3.8, 4) is 28.2 Å². The normalized spacial score (nSPS) is 11.7. The number of benzene rings is 11. The van der Waals surface area contributed by atoms with Crippen LogP contribution in [0.3, 0.4) is 0 Å². The first kappa shape index (κ1) is 34.1. The first-order chi connectivity index (χ1) is 29.8. The molecule has 0 aliphatic rings. The third-order valence-corrected chi connectivity index (χ3v) is 12.1. The monoisotopic (exact) mass is 763 g/mol. The predicted molar refractivity (Wildman–Crippen MR) is 254 cm³/mol. The van der Waals surface area contributed by atoms with Crippen LogP contribution in [0.1, 0.15) is 0 Å². The van der Waals surface area contributed by atoms with Crippen molar-refractivity contribution in [1.82, 2.24) is 9.55 Å². The smallest absolute Gasteiger partial charge is 0.145 e. The van der Waals surface area contributed by atoms with E-state index < -0.39 is 0 Å². The largest absolute Gasteiger partial charge is 0.311 e. The summed E-state index contributed by atoms with van der Waals surface area (Å²) in [4.78, 5) is 7.95. The molecular formula is C57H37N3. The van der Waals surface area contributed by atoms with Crippen molar-refractivity contribution in [2.45, 2.75) is 0 Å². The minimum absolute atomic E-state index is 0.901. The highest BCUT2D eigenvalue weighted by Gasteiger charge is 2.23. The Balaban J connectivity index is 1.14. The summed E-state index contributed by atoms with van der Waals surface area (Å²) in [6.07, 6.45) is 0. The maximum Gasteiger partial charge on any atom is 0.145 e. The lowest BCUT2D eigenvalue weighted by Gasteiger charge is -2.25. The number of para-hydroxylation sites is 2. The molecular weight excluding hydrogens is 727 g/mol. The summed E-state index contributed by atoms with van der Waals surface area (Å²) in [6.45, 7) is 0. The Morgan fingerprint density at radius 1 is 0.350 bits per heavy atom. The van der Waals surface area contributed by atoms with E-state index in [2.05, 4.69) is 234 Å². The van der Waals surface area contributed by atoms with Crippen molar-refractivity contribution in [2.75, 3.05) is 4.90 Å². The molecule has 0 saturated carbocycles. The third-order valence-electron chi connectivity index (χ3n) is 12.1. The lowest BCUT2D eigenvalue weighted by atomic mass is 9.89. The quantitative estimate of drug-likeness (QED) is 0.124. The number of aromatic nitrogens is 2. The van der Waals surface area contributed by atoms with E-state index >= 15 is 0 Å². The average Bonchev–Trinajstić information content (AvgIpc) is 3.73. The van der Waals surface area contributed by atoms with E-state index in [9.17, 15) is 0 Å². The van der Waals surface area contributed by atoms with Gasteiger partial charge in [-0.15, -0.1) is 0 Å². The number of anilines is 3. The van der Waals surface area contributed by atoms with E-state index in [-0.39, 0.29) is 0 Å². The highest BCUT2D eigenvalue weighted by atomic mass is 15.1. The maximum absolute atomic E-state index is 5.65. The summed E-state index contributed by atoms with van der Waals surface area (Å²) in [7, 11) is 0. The molecule has 0 fully saturated rings. The Morgan fingerprint density at radius 2 is 0.817 bits per heavy atom. The minimum atomic E-state index is 0.901. The van der Waals surface area contributed by atoms with Crippen molar-refractivity contribution in [1.29, 1.82) is 0 Å². The molecule has 0 unspecified atom stereocenters. The van der Waals surface area contributed by atoms with E-state index in [4.69, 9.17) is 4.98 Å². The molecule has 12 rings (SSSR count). The molecule has 0 bridgehead atoms. The van der Waals surface area contributed by atoms with E-state index in [1.54, 1.807) is 0 Å². The molecule has 0 aliphatic carbocycles. The van der Waals surface area contributed by atoms with Crippen LogP contribution in [-0.4, -0.2) is 9.55 Å². The van der Waals surface area contributed by atoms with Gasteiger partial charge in [-0.1, -0.05) is 164 Å². The Hall–Kier alpha value is -8.01. The molecule has 3 nitrogen and oxygen atoms in total. The van der Waals surface area contributed by atoms with Gasteiger partial charge in [-0.3, -0.25) is 4.57 Å². The summed E-state index contributed by atoms with van der Waals surface area (Å²) >= 11 is 0. The highest BCUT2D eigenvalue weighted by Crippen LogP contribution is 2.45. The lowest BCUT2D eigenvalue weighted by molar-refractivity contribution is 1.12. The molecule has 12 aromatic rings. The van der Waals surface area contributed by atoms with E-state index in [1.807, 2.05) is 0 Å². The lowest BCUT2D eigenvalue weighted by Crippen LogP contribution is -2.09. The van der Waals surface area contributed by atoms with Gasteiger partial charge >= 0.3 is 0 Å². The van der Waals surface area contributed by atoms with Gasteiger partial charge in [-0.2, -0.15) is 0 Å². The third kappa shape index (κ3) is 5.33. The van der Waals surface area contributed by atoms with Gasteiger partial charge in [-0.25, -0.2) is 4.98 Å². The second kappa shape index (κ2) is 13.8. The SMILES string of the molecule is c1ccc(N(c2ccccc2)c2ccc(-c3nc4c5ccccc5c5ccccc5c4n3-c3ccc(-c4c5ccccc5cc5ccccc45)c4ccccc34)cc2)cc1. The zero-order chi connectivity index (χ0) is 39.6. The topological polar surface area (TPSA) is 21.1 Å². The second-order valence-corrected chi connectivity index (χ2v) is 15.5. The van der Waals surface area contributed by atoms with Crippen LogP contribution in [0.4, 0.5) is 17.1 Å². The van der Waals surface area contributed by atoms with Crippen LogP contribution in [0.25, 0.3) is 93.1 Å².